The predicted octanol–water partition coefficient (Wildman–Crippen LogP) is 1.12. The number of hydrogen-bond donors (Lipinski definition) is 1. The molecule has 1 fully saturated rings. The number of likely N-dealkylation sites (tertiary alicyclic amines) is 1. The zero-order valence-corrected chi connectivity index (χ0v) is 11.0. The standard InChI is InChI=1S/C13H24N4/c1-13(4-7-16(2)8-5-13)10-17-11-15-9-12(17)3-6-14/h9,11H,3-8,10,14H2,1-2H3. The first kappa shape index (κ1) is 12.6. The summed E-state index contributed by atoms with van der Waals surface area (Å²) < 4.78 is 2.29. The zero-order chi connectivity index (χ0) is 12.3. The van der Waals surface area contributed by atoms with E-state index in [1.165, 1.54) is 31.6 Å². The zero-order valence-electron chi connectivity index (χ0n) is 11.0. The van der Waals surface area contributed by atoms with E-state index in [-0.39, 0.29) is 0 Å². The molecule has 1 aliphatic rings. The van der Waals surface area contributed by atoms with Gasteiger partial charge in [0, 0.05) is 24.9 Å². The third-order valence-corrected chi connectivity index (χ3v) is 3.95. The average Bonchev–Trinajstić information content (AvgIpc) is 2.71. The van der Waals surface area contributed by atoms with Gasteiger partial charge in [-0.05, 0) is 44.9 Å². The summed E-state index contributed by atoms with van der Waals surface area (Å²) >= 11 is 0. The highest BCUT2D eigenvalue weighted by Crippen LogP contribution is 2.32. The normalized spacial score (nSPS) is 20.6. The van der Waals surface area contributed by atoms with Crippen molar-refractivity contribution in [2.24, 2.45) is 11.1 Å². The molecule has 4 heteroatoms. The molecule has 0 aromatic carbocycles. The van der Waals surface area contributed by atoms with Crippen molar-refractivity contribution < 1.29 is 0 Å². The SMILES string of the molecule is CN1CCC(C)(Cn2cncc2CCN)CC1. The van der Waals surface area contributed by atoms with E-state index in [0.29, 0.717) is 12.0 Å². The molecule has 96 valence electrons. The minimum absolute atomic E-state index is 0.413. The highest BCUT2D eigenvalue weighted by Gasteiger charge is 2.29. The largest absolute Gasteiger partial charge is 0.334 e. The summed E-state index contributed by atoms with van der Waals surface area (Å²) in [7, 11) is 2.21. The summed E-state index contributed by atoms with van der Waals surface area (Å²) in [5, 5.41) is 0. The fourth-order valence-corrected chi connectivity index (χ4v) is 2.57. The molecule has 1 aliphatic heterocycles. The molecule has 0 atom stereocenters. The molecule has 17 heavy (non-hydrogen) atoms. The van der Waals surface area contributed by atoms with Gasteiger partial charge in [0.2, 0.25) is 0 Å². The van der Waals surface area contributed by atoms with Gasteiger partial charge in [-0.15, -0.1) is 0 Å². The summed E-state index contributed by atoms with van der Waals surface area (Å²) in [5.41, 5.74) is 7.31. The Morgan fingerprint density at radius 2 is 2.12 bits per heavy atom. The Labute approximate surface area is 104 Å². The van der Waals surface area contributed by atoms with Crippen molar-refractivity contribution in [3.8, 4) is 0 Å². The predicted molar refractivity (Wildman–Crippen MR) is 69.8 cm³/mol. The van der Waals surface area contributed by atoms with E-state index < -0.39 is 0 Å². The molecule has 0 saturated carbocycles. The van der Waals surface area contributed by atoms with E-state index in [9.17, 15) is 0 Å². The molecule has 0 radical (unpaired) electrons. The molecular formula is C13H24N4. The molecule has 0 spiro atoms. The van der Waals surface area contributed by atoms with Gasteiger partial charge in [-0.3, -0.25) is 0 Å². The van der Waals surface area contributed by atoms with Gasteiger partial charge >= 0.3 is 0 Å². The van der Waals surface area contributed by atoms with Crippen LogP contribution >= 0.6 is 0 Å². The highest BCUT2D eigenvalue weighted by molar-refractivity contribution is 5.00. The van der Waals surface area contributed by atoms with Gasteiger partial charge < -0.3 is 15.2 Å². The second kappa shape index (κ2) is 5.19. The van der Waals surface area contributed by atoms with Crippen molar-refractivity contribution in [3.05, 3.63) is 18.2 Å². The fraction of sp³-hybridized carbons (Fsp3) is 0.769. The maximum Gasteiger partial charge on any atom is 0.0948 e. The molecule has 0 amide bonds. The Balaban J connectivity index is 2.01. The first-order valence-corrected chi connectivity index (χ1v) is 6.51. The molecule has 2 rings (SSSR count). The third kappa shape index (κ3) is 3.07. The molecule has 0 bridgehead atoms. The summed E-state index contributed by atoms with van der Waals surface area (Å²) in [4.78, 5) is 6.66. The Hall–Kier alpha value is -0.870. The number of imidazole rings is 1. The lowest BCUT2D eigenvalue weighted by Crippen LogP contribution is -2.38. The Kier molecular flexibility index (Phi) is 3.84. The average molecular weight is 236 g/mol. The van der Waals surface area contributed by atoms with E-state index in [1.54, 1.807) is 0 Å². The van der Waals surface area contributed by atoms with Gasteiger partial charge in [-0.25, -0.2) is 4.98 Å². The van der Waals surface area contributed by atoms with Crippen LogP contribution in [0.3, 0.4) is 0 Å². The molecule has 0 unspecified atom stereocenters. The van der Waals surface area contributed by atoms with Crippen LogP contribution in [0.1, 0.15) is 25.5 Å². The van der Waals surface area contributed by atoms with Crippen molar-refractivity contribution in [1.82, 2.24) is 14.5 Å². The van der Waals surface area contributed by atoms with E-state index in [0.717, 1.165) is 13.0 Å². The van der Waals surface area contributed by atoms with Gasteiger partial charge in [0.1, 0.15) is 0 Å². The number of aromatic nitrogens is 2. The maximum atomic E-state index is 5.63. The minimum Gasteiger partial charge on any atom is -0.334 e. The number of nitrogens with two attached hydrogens (primary N) is 1. The molecule has 2 N–H and O–H groups in total. The van der Waals surface area contributed by atoms with E-state index in [2.05, 4.69) is 28.4 Å². The van der Waals surface area contributed by atoms with Crippen LogP contribution in [0.4, 0.5) is 0 Å². The topological polar surface area (TPSA) is 47.1 Å². The minimum atomic E-state index is 0.413. The molecule has 0 aliphatic carbocycles. The number of hydrogen-bond acceptors (Lipinski definition) is 3. The lowest BCUT2D eigenvalue weighted by molar-refractivity contribution is 0.120. The van der Waals surface area contributed by atoms with Crippen LogP contribution in [0.15, 0.2) is 12.5 Å². The highest BCUT2D eigenvalue weighted by atomic mass is 15.1. The van der Waals surface area contributed by atoms with Gasteiger partial charge in [-0.2, -0.15) is 0 Å². The Morgan fingerprint density at radius 3 is 2.76 bits per heavy atom. The first-order chi connectivity index (χ1) is 8.13. The Morgan fingerprint density at radius 1 is 1.41 bits per heavy atom. The van der Waals surface area contributed by atoms with Crippen molar-refractivity contribution in [3.63, 3.8) is 0 Å². The van der Waals surface area contributed by atoms with Crippen LogP contribution in [-0.4, -0.2) is 41.1 Å². The van der Waals surface area contributed by atoms with Crippen LogP contribution in [0.5, 0.6) is 0 Å². The summed E-state index contributed by atoms with van der Waals surface area (Å²) in [6.45, 7) is 6.59. The molecule has 1 saturated heterocycles. The van der Waals surface area contributed by atoms with E-state index >= 15 is 0 Å². The van der Waals surface area contributed by atoms with Gasteiger partial charge in [-0.1, -0.05) is 6.92 Å². The van der Waals surface area contributed by atoms with Crippen molar-refractivity contribution in [1.29, 1.82) is 0 Å². The number of rotatable bonds is 4. The van der Waals surface area contributed by atoms with Gasteiger partial charge in [0.05, 0.1) is 6.33 Å². The molecule has 4 nitrogen and oxygen atoms in total. The Bertz CT molecular complexity index is 350. The molecular weight excluding hydrogens is 212 g/mol. The van der Waals surface area contributed by atoms with Gasteiger partial charge in [0.25, 0.3) is 0 Å². The van der Waals surface area contributed by atoms with Crippen molar-refractivity contribution in [2.45, 2.75) is 32.7 Å². The second-order valence-electron chi connectivity index (χ2n) is 5.67. The van der Waals surface area contributed by atoms with Crippen LogP contribution in [-0.2, 0) is 13.0 Å². The third-order valence-electron chi connectivity index (χ3n) is 3.95. The first-order valence-electron chi connectivity index (χ1n) is 6.51. The fourth-order valence-electron chi connectivity index (χ4n) is 2.57. The second-order valence-corrected chi connectivity index (χ2v) is 5.67. The van der Waals surface area contributed by atoms with E-state index in [4.69, 9.17) is 5.73 Å². The lowest BCUT2D eigenvalue weighted by atomic mass is 9.80. The monoisotopic (exact) mass is 236 g/mol. The number of nitrogens with zero attached hydrogens (tertiary/aromatic N) is 3. The van der Waals surface area contributed by atoms with Crippen LogP contribution in [0, 0.1) is 5.41 Å². The smallest absolute Gasteiger partial charge is 0.0948 e. The van der Waals surface area contributed by atoms with Crippen LogP contribution in [0.2, 0.25) is 0 Å². The van der Waals surface area contributed by atoms with Crippen molar-refractivity contribution in [2.75, 3.05) is 26.7 Å². The maximum absolute atomic E-state index is 5.63. The van der Waals surface area contributed by atoms with Crippen LogP contribution < -0.4 is 5.73 Å². The summed E-state index contributed by atoms with van der Waals surface area (Å²) in [6.07, 6.45) is 7.36. The van der Waals surface area contributed by atoms with Crippen LogP contribution in [0.25, 0.3) is 0 Å². The molecule has 2 heterocycles. The summed E-state index contributed by atoms with van der Waals surface area (Å²) in [6, 6.07) is 0. The van der Waals surface area contributed by atoms with E-state index in [1.807, 2.05) is 12.5 Å². The lowest BCUT2D eigenvalue weighted by Gasteiger charge is -2.38. The summed E-state index contributed by atoms with van der Waals surface area (Å²) in [5.74, 6) is 0. The molecule has 1 aromatic rings. The van der Waals surface area contributed by atoms with Gasteiger partial charge in [0.15, 0.2) is 0 Å². The number of piperidine rings is 1. The molecule has 1 aromatic heterocycles. The quantitative estimate of drug-likeness (QED) is 0.852. The van der Waals surface area contributed by atoms with Crippen molar-refractivity contribution >= 4 is 0 Å².